The van der Waals surface area contributed by atoms with Gasteiger partial charge in [0.1, 0.15) is 0 Å². The topological polar surface area (TPSA) is 52.0 Å². The highest BCUT2D eigenvalue weighted by atomic mass is 32.2. The molecule has 0 atom stereocenters. The molecule has 0 aliphatic carbocycles. The summed E-state index contributed by atoms with van der Waals surface area (Å²) in [6.45, 7) is 0. The van der Waals surface area contributed by atoms with Crippen molar-refractivity contribution in [3.8, 4) is 0 Å². The van der Waals surface area contributed by atoms with E-state index in [2.05, 4.69) is 0 Å². The Kier molecular flexibility index (Phi) is 2.59. The summed E-state index contributed by atoms with van der Waals surface area (Å²) in [7, 11) is 0. The van der Waals surface area contributed by atoms with Gasteiger partial charge in [0.25, 0.3) is 0 Å². The summed E-state index contributed by atoms with van der Waals surface area (Å²) >= 11 is 6.58. The van der Waals surface area contributed by atoms with Gasteiger partial charge in [0.05, 0.1) is 18.5 Å². The van der Waals surface area contributed by atoms with Gasteiger partial charge in [-0.1, -0.05) is 47.0 Å². The smallest absolute Gasteiger partial charge is 0.0777 e. The molecule has 0 aromatic carbocycles. The molecule has 6 heteroatoms. The zero-order chi connectivity index (χ0) is 8.55. The number of thioether (sulfide) groups is 4. The molecule has 0 unspecified atom stereocenters. The SMILES string of the molecule is NC1=CS/C(=C2\SC=C(N)S2)S1. The van der Waals surface area contributed by atoms with Gasteiger partial charge in [-0.05, 0) is 0 Å². The van der Waals surface area contributed by atoms with Crippen LogP contribution in [0.3, 0.4) is 0 Å². The van der Waals surface area contributed by atoms with Crippen LogP contribution in [0.4, 0.5) is 0 Å². The van der Waals surface area contributed by atoms with E-state index in [0.717, 1.165) is 10.1 Å². The first-order valence-corrected chi connectivity index (χ1v) is 6.49. The maximum absolute atomic E-state index is 5.63. The molecule has 12 heavy (non-hydrogen) atoms. The summed E-state index contributed by atoms with van der Waals surface area (Å²) < 4.78 is 2.50. The fourth-order valence-electron chi connectivity index (χ4n) is 0.713. The van der Waals surface area contributed by atoms with E-state index in [1.54, 1.807) is 47.0 Å². The maximum Gasteiger partial charge on any atom is 0.0777 e. The van der Waals surface area contributed by atoms with Gasteiger partial charge in [-0.25, -0.2) is 0 Å². The average molecular weight is 234 g/mol. The van der Waals surface area contributed by atoms with Crippen LogP contribution in [0.5, 0.6) is 0 Å². The van der Waals surface area contributed by atoms with Crippen LogP contribution in [0.25, 0.3) is 0 Å². The van der Waals surface area contributed by atoms with Crippen molar-refractivity contribution in [1.29, 1.82) is 0 Å². The number of hydrogen-bond acceptors (Lipinski definition) is 6. The molecule has 64 valence electrons. The highest BCUT2D eigenvalue weighted by molar-refractivity contribution is 8.33. The van der Waals surface area contributed by atoms with Crippen LogP contribution in [-0.4, -0.2) is 0 Å². The number of nitrogens with two attached hydrogens (primary N) is 2. The average Bonchev–Trinajstić information content (AvgIpc) is 2.58. The van der Waals surface area contributed by atoms with Gasteiger partial charge < -0.3 is 11.5 Å². The van der Waals surface area contributed by atoms with Gasteiger partial charge in [0.15, 0.2) is 0 Å². The summed E-state index contributed by atoms with van der Waals surface area (Å²) in [5, 5.41) is 5.66. The third kappa shape index (κ3) is 1.76. The van der Waals surface area contributed by atoms with E-state index in [0.29, 0.717) is 0 Å². The molecule has 2 rings (SSSR count). The van der Waals surface area contributed by atoms with Crippen molar-refractivity contribution in [1.82, 2.24) is 0 Å². The van der Waals surface area contributed by atoms with Crippen LogP contribution < -0.4 is 11.5 Å². The maximum atomic E-state index is 5.63. The highest BCUT2D eigenvalue weighted by Crippen LogP contribution is 2.53. The molecule has 0 fully saturated rings. The van der Waals surface area contributed by atoms with Crippen LogP contribution >= 0.6 is 47.0 Å². The van der Waals surface area contributed by atoms with E-state index >= 15 is 0 Å². The zero-order valence-corrected chi connectivity index (χ0v) is 9.21. The zero-order valence-electron chi connectivity index (χ0n) is 5.94. The molecule has 0 amide bonds. The van der Waals surface area contributed by atoms with Crippen LogP contribution in [0, 0.1) is 0 Å². The van der Waals surface area contributed by atoms with Crippen LogP contribution in [0.15, 0.2) is 29.3 Å². The lowest BCUT2D eigenvalue weighted by Gasteiger charge is -1.99. The van der Waals surface area contributed by atoms with Crippen molar-refractivity contribution in [2.75, 3.05) is 0 Å². The van der Waals surface area contributed by atoms with E-state index in [1.165, 1.54) is 8.47 Å². The Morgan fingerprint density at radius 2 is 1.25 bits per heavy atom. The number of hydrogen-bond donors (Lipinski definition) is 2. The first-order chi connectivity index (χ1) is 5.75. The summed E-state index contributed by atoms with van der Waals surface area (Å²) in [4.78, 5) is 0. The Morgan fingerprint density at radius 1 is 0.833 bits per heavy atom. The van der Waals surface area contributed by atoms with Crippen LogP contribution in [-0.2, 0) is 0 Å². The fourth-order valence-corrected chi connectivity index (χ4v) is 4.95. The predicted molar refractivity (Wildman–Crippen MR) is 61.9 cm³/mol. The lowest BCUT2D eigenvalue weighted by atomic mass is 11.1. The summed E-state index contributed by atoms with van der Waals surface area (Å²) in [5.41, 5.74) is 11.3. The molecule has 4 N–H and O–H groups in total. The van der Waals surface area contributed by atoms with E-state index in [-0.39, 0.29) is 0 Å². The Balaban J connectivity index is 2.11. The Bertz CT molecular complexity index is 275. The van der Waals surface area contributed by atoms with Gasteiger partial charge >= 0.3 is 0 Å². The van der Waals surface area contributed by atoms with E-state index in [1.807, 2.05) is 10.8 Å². The highest BCUT2D eigenvalue weighted by Gasteiger charge is 2.19. The molecular formula is C6H6N2S4. The predicted octanol–water partition coefficient (Wildman–Crippen LogP) is 2.59. The molecule has 0 aromatic heterocycles. The minimum Gasteiger partial charge on any atom is -0.393 e. The molecule has 0 saturated heterocycles. The second-order valence-corrected chi connectivity index (χ2v) is 6.50. The monoisotopic (exact) mass is 234 g/mol. The van der Waals surface area contributed by atoms with E-state index in [9.17, 15) is 0 Å². The normalized spacial score (nSPS) is 29.0. The minimum absolute atomic E-state index is 0.870. The molecule has 0 bridgehead atoms. The molecular weight excluding hydrogens is 228 g/mol. The summed E-state index contributed by atoms with van der Waals surface area (Å²) in [5.74, 6) is 0. The second-order valence-electron chi connectivity index (χ2n) is 2.06. The molecule has 2 heterocycles. The van der Waals surface area contributed by atoms with Crippen LogP contribution in [0.1, 0.15) is 0 Å². The molecule has 0 saturated carbocycles. The van der Waals surface area contributed by atoms with Crippen molar-refractivity contribution < 1.29 is 0 Å². The standard InChI is InChI=1S/C6H6N2S4/c7-3-1-9-5(11-3)6-10-2-4(8)12-6/h1-2H,7-8H2/b6-5-. The molecule has 2 nitrogen and oxygen atoms in total. The van der Waals surface area contributed by atoms with E-state index in [4.69, 9.17) is 11.5 Å². The summed E-state index contributed by atoms with van der Waals surface area (Å²) in [6, 6.07) is 0. The quantitative estimate of drug-likeness (QED) is 0.672. The molecule has 2 aliphatic rings. The largest absolute Gasteiger partial charge is 0.393 e. The van der Waals surface area contributed by atoms with E-state index < -0.39 is 0 Å². The van der Waals surface area contributed by atoms with Gasteiger partial charge in [0, 0.05) is 10.8 Å². The van der Waals surface area contributed by atoms with Crippen molar-refractivity contribution in [2.24, 2.45) is 11.5 Å². The van der Waals surface area contributed by atoms with Crippen LogP contribution in [0.2, 0.25) is 0 Å². The summed E-state index contributed by atoms with van der Waals surface area (Å²) in [6.07, 6.45) is 0. The third-order valence-electron chi connectivity index (χ3n) is 1.15. The second kappa shape index (κ2) is 3.53. The van der Waals surface area contributed by atoms with Gasteiger partial charge in [0.2, 0.25) is 0 Å². The first-order valence-electron chi connectivity index (χ1n) is 3.10. The lowest BCUT2D eigenvalue weighted by molar-refractivity contribution is 1.58. The van der Waals surface area contributed by atoms with Crippen molar-refractivity contribution in [3.05, 3.63) is 29.3 Å². The minimum atomic E-state index is 0.870. The van der Waals surface area contributed by atoms with Gasteiger partial charge in [-0.15, -0.1) is 0 Å². The lowest BCUT2D eigenvalue weighted by Crippen LogP contribution is -1.86. The Hall–Kier alpha value is 0.220. The Morgan fingerprint density at radius 3 is 1.50 bits per heavy atom. The first kappa shape index (κ1) is 8.80. The molecule has 0 radical (unpaired) electrons. The Labute approximate surface area is 87.7 Å². The molecule has 0 spiro atoms. The molecule has 0 aromatic rings. The van der Waals surface area contributed by atoms with Crippen molar-refractivity contribution >= 4 is 47.0 Å². The third-order valence-corrected chi connectivity index (χ3v) is 6.11. The number of rotatable bonds is 0. The fraction of sp³-hybridized carbons (Fsp3) is 0. The van der Waals surface area contributed by atoms with Gasteiger partial charge in [-0.3, -0.25) is 0 Å². The molecule has 2 aliphatic heterocycles. The van der Waals surface area contributed by atoms with Crippen molar-refractivity contribution in [2.45, 2.75) is 0 Å². The van der Waals surface area contributed by atoms with Gasteiger partial charge in [-0.2, -0.15) is 0 Å². The van der Waals surface area contributed by atoms with Crippen molar-refractivity contribution in [3.63, 3.8) is 0 Å².